The van der Waals surface area contributed by atoms with E-state index in [0.717, 1.165) is 12.5 Å². The number of carbonyl (C=O) groups is 1. The molecule has 6 heteroatoms. The molecule has 0 amide bonds. The van der Waals surface area contributed by atoms with Crippen LogP contribution in [0.3, 0.4) is 0 Å². The van der Waals surface area contributed by atoms with Crippen LogP contribution in [0.2, 0.25) is 0 Å². The summed E-state index contributed by atoms with van der Waals surface area (Å²) in [7, 11) is 1.16. The van der Waals surface area contributed by atoms with E-state index in [1.54, 1.807) is 30.5 Å². The van der Waals surface area contributed by atoms with Gasteiger partial charge in [0.05, 0.1) is 19.5 Å². The predicted octanol–water partition coefficient (Wildman–Crippen LogP) is 0.846. The van der Waals surface area contributed by atoms with Gasteiger partial charge in [0.15, 0.2) is 5.60 Å². The molecule has 2 aromatic rings. The zero-order chi connectivity index (χ0) is 15.9. The first-order chi connectivity index (χ1) is 10.4. The van der Waals surface area contributed by atoms with E-state index < -0.39 is 23.8 Å². The van der Waals surface area contributed by atoms with Gasteiger partial charge in [-0.2, -0.15) is 0 Å². The lowest BCUT2D eigenvalue weighted by atomic mass is 9.80. The zero-order valence-corrected chi connectivity index (χ0v) is 11.9. The fourth-order valence-corrected chi connectivity index (χ4v) is 2.76. The molecule has 0 bridgehead atoms. The number of fused-ring (bicyclic) bond motifs is 1. The lowest BCUT2D eigenvalue weighted by Crippen LogP contribution is -2.48. The largest absolute Gasteiger partial charge is 0.467 e. The number of hydrogen-bond acceptors (Lipinski definition) is 6. The average Bonchev–Trinajstić information content (AvgIpc) is 2.97. The third-order valence-electron chi connectivity index (χ3n) is 3.92. The summed E-state index contributed by atoms with van der Waals surface area (Å²) in [5.74, 6) is -0.875. The Morgan fingerprint density at radius 3 is 2.86 bits per heavy atom. The average molecular weight is 304 g/mol. The van der Waals surface area contributed by atoms with Crippen molar-refractivity contribution in [3.8, 4) is 0 Å². The number of rotatable bonds is 2. The van der Waals surface area contributed by atoms with Crippen LogP contribution in [-0.4, -0.2) is 46.2 Å². The third-order valence-corrected chi connectivity index (χ3v) is 3.92. The maximum Gasteiger partial charge on any atom is 0.342 e. The number of esters is 1. The van der Waals surface area contributed by atoms with Crippen molar-refractivity contribution in [1.29, 1.82) is 0 Å². The van der Waals surface area contributed by atoms with Gasteiger partial charge in [0.1, 0.15) is 11.7 Å². The molecule has 6 nitrogen and oxygen atoms in total. The summed E-state index contributed by atoms with van der Waals surface area (Å²) in [5.41, 5.74) is -0.427. The van der Waals surface area contributed by atoms with E-state index in [4.69, 9.17) is 4.42 Å². The fraction of sp³-hybridized carbons (Fsp3) is 0.312. The van der Waals surface area contributed by atoms with Gasteiger partial charge in [-0.1, -0.05) is 6.07 Å². The lowest BCUT2D eigenvalue weighted by molar-refractivity contribution is -0.161. The maximum absolute atomic E-state index is 11.8. The summed E-state index contributed by atoms with van der Waals surface area (Å²) in [5, 5.41) is 31.4. The first kappa shape index (κ1) is 14.8. The minimum absolute atomic E-state index is 0.273. The highest BCUT2D eigenvalue weighted by Crippen LogP contribution is 2.35. The highest BCUT2D eigenvalue weighted by molar-refractivity contribution is 5.89. The Morgan fingerprint density at radius 1 is 1.36 bits per heavy atom. The van der Waals surface area contributed by atoms with E-state index in [1.165, 1.54) is 6.08 Å². The van der Waals surface area contributed by atoms with Crippen molar-refractivity contribution >= 4 is 22.5 Å². The normalized spacial score (nSPS) is 28.5. The van der Waals surface area contributed by atoms with E-state index in [1.807, 2.05) is 0 Å². The molecular formula is C16H16O6. The number of aliphatic hydroxyl groups excluding tert-OH is 2. The zero-order valence-electron chi connectivity index (χ0n) is 11.9. The number of furan rings is 1. The molecule has 1 aliphatic carbocycles. The molecule has 1 aromatic heterocycles. The van der Waals surface area contributed by atoms with Crippen LogP contribution in [0, 0.1) is 0 Å². The van der Waals surface area contributed by atoms with E-state index in [-0.39, 0.29) is 12.0 Å². The molecule has 0 fully saturated rings. The Balaban J connectivity index is 2.10. The lowest BCUT2D eigenvalue weighted by Gasteiger charge is -2.34. The highest BCUT2D eigenvalue weighted by atomic mass is 16.5. The minimum atomic E-state index is -1.96. The SMILES string of the molecule is COC(=O)[C@]1(O)C=C(c2ccc3occc3c2)[C@@H](O)[C@H](O)C1. The van der Waals surface area contributed by atoms with Crippen LogP contribution in [0.1, 0.15) is 12.0 Å². The van der Waals surface area contributed by atoms with E-state index in [0.29, 0.717) is 11.1 Å². The van der Waals surface area contributed by atoms with Gasteiger partial charge in [0.25, 0.3) is 0 Å². The van der Waals surface area contributed by atoms with E-state index in [9.17, 15) is 20.1 Å². The summed E-state index contributed by atoms with van der Waals surface area (Å²) in [6, 6.07) is 6.92. The van der Waals surface area contributed by atoms with Gasteiger partial charge >= 0.3 is 5.97 Å². The molecule has 0 saturated carbocycles. The Morgan fingerprint density at radius 2 is 2.14 bits per heavy atom. The van der Waals surface area contributed by atoms with Gasteiger partial charge in [-0.05, 0) is 35.4 Å². The molecule has 0 unspecified atom stereocenters. The van der Waals surface area contributed by atoms with Gasteiger partial charge in [-0.3, -0.25) is 0 Å². The molecule has 3 rings (SSSR count). The molecule has 1 aliphatic rings. The molecule has 1 heterocycles. The number of carbonyl (C=O) groups excluding carboxylic acids is 1. The number of aliphatic hydroxyl groups is 3. The van der Waals surface area contributed by atoms with Crippen LogP contribution in [0.25, 0.3) is 16.5 Å². The molecule has 116 valence electrons. The molecule has 0 radical (unpaired) electrons. The smallest absolute Gasteiger partial charge is 0.342 e. The van der Waals surface area contributed by atoms with E-state index in [2.05, 4.69) is 4.74 Å². The second-order valence-electron chi connectivity index (χ2n) is 5.41. The number of hydrogen-bond donors (Lipinski definition) is 3. The summed E-state index contributed by atoms with van der Waals surface area (Å²) in [6.07, 6.45) is -0.00589. The van der Waals surface area contributed by atoms with Crippen molar-refractivity contribution < 1.29 is 29.3 Å². The predicted molar refractivity (Wildman–Crippen MR) is 77.8 cm³/mol. The molecule has 0 aliphatic heterocycles. The standard InChI is InChI=1S/C16H16O6/c1-21-15(19)16(20)7-11(14(18)12(17)8-16)9-2-3-13-10(6-9)4-5-22-13/h2-7,12,14,17-18,20H,8H2,1H3/t12-,14-,16+/m1/s1. The van der Waals surface area contributed by atoms with Gasteiger partial charge in [0, 0.05) is 11.8 Å². The monoisotopic (exact) mass is 304 g/mol. The summed E-state index contributed by atoms with van der Waals surface area (Å²) in [6.45, 7) is 0. The first-order valence-corrected chi connectivity index (χ1v) is 6.82. The topological polar surface area (TPSA) is 100 Å². The molecule has 22 heavy (non-hydrogen) atoms. The van der Waals surface area contributed by atoms with Crippen molar-refractivity contribution in [2.45, 2.75) is 24.2 Å². The number of ether oxygens (including phenoxy) is 1. The molecule has 3 atom stereocenters. The quantitative estimate of drug-likeness (QED) is 0.711. The molecule has 1 aromatic carbocycles. The third kappa shape index (κ3) is 2.31. The molecule has 0 saturated heterocycles. The van der Waals surface area contributed by atoms with Crippen molar-refractivity contribution in [2.75, 3.05) is 7.11 Å². The maximum atomic E-state index is 11.8. The molecule has 3 N–H and O–H groups in total. The van der Waals surface area contributed by atoms with Gasteiger partial charge in [-0.25, -0.2) is 4.79 Å². The number of benzene rings is 1. The van der Waals surface area contributed by atoms with Gasteiger partial charge < -0.3 is 24.5 Å². The first-order valence-electron chi connectivity index (χ1n) is 6.82. The fourth-order valence-electron chi connectivity index (χ4n) is 2.76. The van der Waals surface area contributed by atoms with Crippen molar-refractivity contribution in [2.24, 2.45) is 0 Å². The highest BCUT2D eigenvalue weighted by Gasteiger charge is 2.44. The molecular weight excluding hydrogens is 288 g/mol. The van der Waals surface area contributed by atoms with Crippen molar-refractivity contribution in [3.05, 3.63) is 42.2 Å². The van der Waals surface area contributed by atoms with Gasteiger partial charge in [0.2, 0.25) is 0 Å². The van der Waals surface area contributed by atoms with Crippen LogP contribution in [0.4, 0.5) is 0 Å². The second kappa shape index (κ2) is 5.24. The molecule has 0 spiro atoms. The minimum Gasteiger partial charge on any atom is -0.467 e. The van der Waals surface area contributed by atoms with Crippen LogP contribution >= 0.6 is 0 Å². The van der Waals surface area contributed by atoms with Crippen molar-refractivity contribution in [1.82, 2.24) is 0 Å². The van der Waals surface area contributed by atoms with Crippen molar-refractivity contribution in [3.63, 3.8) is 0 Å². The van der Waals surface area contributed by atoms with Crippen LogP contribution in [0.15, 0.2) is 41.0 Å². The van der Waals surface area contributed by atoms with Gasteiger partial charge in [-0.15, -0.1) is 0 Å². The Bertz CT molecular complexity index is 746. The van der Waals surface area contributed by atoms with Crippen LogP contribution in [-0.2, 0) is 9.53 Å². The summed E-state index contributed by atoms with van der Waals surface area (Å²) in [4.78, 5) is 11.8. The summed E-state index contributed by atoms with van der Waals surface area (Å²) >= 11 is 0. The summed E-state index contributed by atoms with van der Waals surface area (Å²) < 4.78 is 9.83. The number of methoxy groups -OCH3 is 1. The van der Waals surface area contributed by atoms with Crippen LogP contribution < -0.4 is 0 Å². The Labute approximate surface area is 126 Å². The van der Waals surface area contributed by atoms with Crippen LogP contribution in [0.5, 0.6) is 0 Å². The Hall–Kier alpha value is -2.15. The second-order valence-corrected chi connectivity index (χ2v) is 5.41. The van der Waals surface area contributed by atoms with E-state index >= 15 is 0 Å². The Kier molecular flexibility index (Phi) is 3.52.